The van der Waals surface area contributed by atoms with Crippen LogP contribution in [0.5, 0.6) is 0 Å². The number of amides is 2. The largest absolute Gasteiger partial charge is 0.395 e. The van der Waals surface area contributed by atoms with Crippen molar-refractivity contribution in [2.75, 3.05) is 24.7 Å². The molecule has 3 rings (SSSR count). The maximum atomic E-state index is 12.5. The lowest BCUT2D eigenvalue weighted by atomic mass is 10.1. The van der Waals surface area contributed by atoms with Crippen LogP contribution in [0.25, 0.3) is 11.0 Å². The average molecular weight is 380 g/mol. The van der Waals surface area contributed by atoms with E-state index in [0.29, 0.717) is 12.2 Å². The number of H-pyrrole nitrogens is 1. The molecule has 0 radical (unpaired) electrons. The van der Waals surface area contributed by atoms with Gasteiger partial charge in [-0.15, -0.1) is 0 Å². The number of rotatable bonds is 5. The third-order valence-electron chi connectivity index (χ3n) is 4.89. The molecule has 0 spiro atoms. The van der Waals surface area contributed by atoms with Gasteiger partial charge in [-0.2, -0.15) is 0 Å². The van der Waals surface area contributed by atoms with Crippen molar-refractivity contribution in [1.82, 2.24) is 20.2 Å². The highest BCUT2D eigenvalue weighted by Gasteiger charge is 2.34. The van der Waals surface area contributed by atoms with E-state index in [4.69, 9.17) is 0 Å². The van der Waals surface area contributed by atoms with Gasteiger partial charge in [-0.1, -0.05) is 6.07 Å². The van der Waals surface area contributed by atoms with E-state index in [-0.39, 0.29) is 31.2 Å². The first kappa shape index (κ1) is 18.7. The smallest absolute Gasteiger partial charge is 0.318 e. The number of benzene rings is 1. The van der Waals surface area contributed by atoms with Crippen molar-refractivity contribution in [2.45, 2.75) is 32.9 Å². The van der Waals surface area contributed by atoms with Crippen LogP contribution in [0.1, 0.15) is 23.4 Å². The Balaban J connectivity index is 1.69. The van der Waals surface area contributed by atoms with Crippen molar-refractivity contribution in [3.63, 3.8) is 0 Å². The van der Waals surface area contributed by atoms with Crippen LogP contribution in [-0.2, 0) is 16.4 Å². The molecule has 8 nitrogen and oxygen atoms in total. The second kappa shape index (κ2) is 7.24. The lowest BCUT2D eigenvalue weighted by Crippen LogP contribution is -2.47. The summed E-state index contributed by atoms with van der Waals surface area (Å²) in [5, 5.41) is 12.0. The number of aryl methyl sites for hydroxylation is 2. The highest BCUT2D eigenvalue weighted by Crippen LogP contribution is 2.20. The van der Waals surface area contributed by atoms with Crippen molar-refractivity contribution in [3.8, 4) is 0 Å². The molecule has 1 fully saturated rings. The number of nitrogens with one attached hydrogen (secondary N) is 2. The Bertz CT molecular complexity index is 922. The summed E-state index contributed by atoms with van der Waals surface area (Å²) in [6.07, 6.45) is 0.402. The SMILES string of the molecule is Cc1ccc2[nH]c(CNC(=O)N(CCO)C3CCS(=O)(=O)C3)nc2c1C. The maximum absolute atomic E-state index is 12.5. The van der Waals surface area contributed by atoms with Gasteiger partial charge in [0.2, 0.25) is 0 Å². The zero-order valence-corrected chi connectivity index (χ0v) is 15.8. The summed E-state index contributed by atoms with van der Waals surface area (Å²) in [6, 6.07) is 3.18. The van der Waals surface area contributed by atoms with Gasteiger partial charge in [0, 0.05) is 12.6 Å². The summed E-state index contributed by atoms with van der Waals surface area (Å²) >= 11 is 0. The first-order valence-electron chi connectivity index (χ1n) is 8.61. The van der Waals surface area contributed by atoms with E-state index in [1.807, 2.05) is 26.0 Å². The van der Waals surface area contributed by atoms with Crippen LogP contribution in [0.15, 0.2) is 12.1 Å². The molecule has 9 heteroatoms. The lowest BCUT2D eigenvalue weighted by molar-refractivity contribution is 0.157. The molecule has 2 amide bonds. The molecule has 3 N–H and O–H groups in total. The van der Waals surface area contributed by atoms with Crippen LogP contribution >= 0.6 is 0 Å². The molecule has 1 aromatic heterocycles. The summed E-state index contributed by atoms with van der Waals surface area (Å²) in [7, 11) is -3.11. The minimum Gasteiger partial charge on any atom is -0.395 e. The highest BCUT2D eigenvalue weighted by molar-refractivity contribution is 7.91. The fraction of sp³-hybridized carbons (Fsp3) is 0.529. The molecular weight excluding hydrogens is 356 g/mol. The van der Waals surface area contributed by atoms with Gasteiger partial charge in [-0.3, -0.25) is 0 Å². The second-order valence-electron chi connectivity index (χ2n) is 6.72. The Kier molecular flexibility index (Phi) is 5.19. The number of urea groups is 1. The predicted octanol–water partition coefficient (Wildman–Crippen LogP) is 0.871. The molecule has 142 valence electrons. The van der Waals surface area contributed by atoms with Crippen molar-refractivity contribution < 1.29 is 18.3 Å². The number of aliphatic hydroxyl groups excluding tert-OH is 1. The van der Waals surface area contributed by atoms with Gasteiger partial charge in [-0.05, 0) is 37.5 Å². The average Bonchev–Trinajstić information content (AvgIpc) is 3.17. The molecule has 26 heavy (non-hydrogen) atoms. The lowest BCUT2D eigenvalue weighted by Gasteiger charge is -2.27. The molecule has 0 saturated carbocycles. The Hall–Kier alpha value is -2.13. The van der Waals surface area contributed by atoms with E-state index in [1.54, 1.807) is 0 Å². The predicted molar refractivity (Wildman–Crippen MR) is 98.7 cm³/mol. The van der Waals surface area contributed by atoms with Crippen LogP contribution in [0.4, 0.5) is 4.79 Å². The van der Waals surface area contributed by atoms with Gasteiger partial charge < -0.3 is 20.3 Å². The molecule has 1 aliphatic heterocycles. The van der Waals surface area contributed by atoms with Crippen LogP contribution in [0.2, 0.25) is 0 Å². The molecule has 0 aliphatic carbocycles. The van der Waals surface area contributed by atoms with Crippen LogP contribution < -0.4 is 5.32 Å². The first-order chi connectivity index (χ1) is 12.3. The maximum Gasteiger partial charge on any atom is 0.318 e. The number of imidazole rings is 1. The summed E-state index contributed by atoms with van der Waals surface area (Å²) in [4.78, 5) is 21.6. The topological polar surface area (TPSA) is 115 Å². The minimum atomic E-state index is -3.11. The fourth-order valence-corrected chi connectivity index (χ4v) is 5.02. The number of aliphatic hydroxyl groups is 1. The number of nitrogens with zero attached hydrogens (tertiary/aromatic N) is 2. The van der Waals surface area contributed by atoms with E-state index in [9.17, 15) is 18.3 Å². The number of aromatic nitrogens is 2. The second-order valence-corrected chi connectivity index (χ2v) is 8.95. The number of fused-ring (bicyclic) bond motifs is 1. The molecule has 1 aliphatic rings. The molecule has 0 bridgehead atoms. The van der Waals surface area contributed by atoms with Crippen molar-refractivity contribution >= 4 is 26.9 Å². The summed E-state index contributed by atoms with van der Waals surface area (Å²) < 4.78 is 23.3. The zero-order chi connectivity index (χ0) is 18.9. The summed E-state index contributed by atoms with van der Waals surface area (Å²) in [5.74, 6) is 0.656. The molecule has 2 heterocycles. The fourth-order valence-electron chi connectivity index (χ4n) is 3.29. The van der Waals surface area contributed by atoms with Crippen LogP contribution in [0.3, 0.4) is 0 Å². The highest BCUT2D eigenvalue weighted by atomic mass is 32.2. The van der Waals surface area contributed by atoms with Gasteiger partial charge in [0.1, 0.15) is 5.82 Å². The van der Waals surface area contributed by atoms with Gasteiger partial charge in [0.05, 0.1) is 35.7 Å². The Morgan fingerprint density at radius 2 is 2.19 bits per heavy atom. The van der Waals surface area contributed by atoms with E-state index in [1.165, 1.54) is 4.90 Å². The standard InChI is InChI=1S/C17H24N4O4S/c1-11-3-4-14-16(12(11)2)20-15(19-14)9-18-17(23)21(6-7-22)13-5-8-26(24,25)10-13/h3-4,13,22H,5-10H2,1-2H3,(H,18,23)(H,19,20). The molecule has 1 aromatic carbocycles. The molecule has 1 saturated heterocycles. The van der Waals surface area contributed by atoms with E-state index in [0.717, 1.165) is 22.2 Å². The number of carbonyl (C=O) groups is 1. The number of sulfone groups is 1. The monoisotopic (exact) mass is 380 g/mol. The van der Waals surface area contributed by atoms with E-state index >= 15 is 0 Å². The van der Waals surface area contributed by atoms with Crippen molar-refractivity contribution in [3.05, 3.63) is 29.1 Å². The Morgan fingerprint density at radius 3 is 2.85 bits per heavy atom. The van der Waals surface area contributed by atoms with Crippen LogP contribution in [-0.4, -0.2) is 65.1 Å². The Morgan fingerprint density at radius 1 is 1.42 bits per heavy atom. The van der Waals surface area contributed by atoms with Gasteiger partial charge in [0.25, 0.3) is 0 Å². The zero-order valence-electron chi connectivity index (χ0n) is 14.9. The molecule has 1 atom stereocenters. The molecular formula is C17H24N4O4S. The van der Waals surface area contributed by atoms with E-state index in [2.05, 4.69) is 15.3 Å². The normalized spacial score (nSPS) is 19.0. The van der Waals surface area contributed by atoms with Gasteiger partial charge >= 0.3 is 6.03 Å². The minimum absolute atomic E-state index is 0.0521. The third kappa shape index (κ3) is 3.83. The number of carbonyl (C=O) groups excluding carboxylic acids is 1. The Labute approximate surface area is 152 Å². The summed E-state index contributed by atoms with van der Waals surface area (Å²) in [5.41, 5.74) is 4.03. The third-order valence-corrected chi connectivity index (χ3v) is 6.64. The van der Waals surface area contributed by atoms with E-state index < -0.39 is 21.9 Å². The first-order valence-corrected chi connectivity index (χ1v) is 10.4. The number of aromatic amines is 1. The number of hydrogen-bond donors (Lipinski definition) is 3. The molecule has 2 aromatic rings. The summed E-state index contributed by atoms with van der Waals surface area (Å²) in [6.45, 7) is 4.11. The van der Waals surface area contributed by atoms with Crippen molar-refractivity contribution in [1.29, 1.82) is 0 Å². The quantitative estimate of drug-likeness (QED) is 0.712. The van der Waals surface area contributed by atoms with Gasteiger partial charge in [0.15, 0.2) is 9.84 Å². The van der Waals surface area contributed by atoms with Crippen LogP contribution in [0, 0.1) is 13.8 Å². The molecule has 1 unspecified atom stereocenters. The van der Waals surface area contributed by atoms with Gasteiger partial charge in [-0.25, -0.2) is 18.2 Å². The number of hydrogen-bond acceptors (Lipinski definition) is 5. The van der Waals surface area contributed by atoms with Crippen molar-refractivity contribution in [2.24, 2.45) is 0 Å².